The number of hydrogen-bond donors (Lipinski definition) is 3. The fourth-order valence-electron chi connectivity index (χ4n) is 8.27. The summed E-state index contributed by atoms with van der Waals surface area (Å²) in [7, 11) is 1.73. The number of aromatic nitrogens is 1. The van der Waals surface area contributed by atoms with E-state index in [0.717, 1.165) is 42.9 Å². The van der Waals surface area contributed by atoms with Crippen LogP contribution in [0.1, 0.15) is 92.6 Å². The van der Waals surface area contributed by atoms with Gasteiger partial charge in [-0.3, -0.25) is 9.59 Å². The van der Waals surface area contributed by atoms with Gasteiger partial charge < -0.3 is 29.9 Å². The summed E-state index contributed by atoms with van der Waals surface area (Å²) in [4.78, 5) is 30.2. The minimum atomic E-state index is -0.960. The summed E-state index contributed by atoms with van der Waals surface area (Å²) >= 11 is 0. The molecule has 0 unspecified atom stereocenters. The standard InChI is InChI=1S/C43H50N4O4/c1-28(2)27-46-23-24-47-38-25-32(41(49)45-43(21-8-22-43)42(50)44-33-16-13-30(14-17-33)12-11-29(3)48)15-19-35(38)39(31-9-6-5-7-10-31)40(47)36-20-18-34(51-4)26-37(36)46/h11-20,25-26,28,31,48H,3,5-10,21-24,27H2,1-2,4H3,(H,44,50)(H,45,49)/b12-11+. The molecule has 3 aromatic carbocycles. The van der Waals surface area contributed by atoms with Crippen LogP contribution in [0.15, 0.2) is 79.1 Å². The molecule has 8 nitrogen and oxygen atoms in total. The van der Waals surface area contributed by atoms with E-state index in [1.165, 1.54) is 66.1 Å². The van der Waals surface area contributed by atoms with E-state index in [4.69, 9.17) is 4.74 Å². The van der Waals surface area contributed by atoms with Crippen LogP contribution < -0.4 is 20.3 Å². The number of methoxy groups -OCH3 is 1. The summed E-state index contributed by atoms with van der Waals surface area (Å²) < 4.78 is 8.18. The third-order valence-corrected chi connectivity index (χ3v) is 11.0. The molecule has 7 rings (SSSR count). The molecule has 1 aliphatic heterocycles. The van der Waals surface area contributed by atoms with Crippen LogP contribution in [0.25, 0.3) is 28.2 Å². The van der Waals surface area contributed by atoms with Gasteiger partial charge in [-0.1, -0.05) is 64.0 Å². The lowest BCUT2D eigenvalue weighted by molar-refractivity contribution is -0.125. The Hall–Kier alpha value is -4.98. The molecule has 2 heterocycles. The number of carbonyl (C=O) groups excluding carboxylic acids is 2. The number of allylic oxidation sites excluding steroid dienone is 1. The van der Waals surface area contributed by atoms with Crippen LogP contribution >= 0.6 is 0 Å². The monoisotopic (exact) mass is 686 g/mol. The van der Waals surface area contributed by atoms with Gasteiger partial charge in [-0.15, -0.1) is 0 Å². The van der Waals surface area contributed by atoms with Crippen LogP contribution in [0, 0.1) is 5.92 Å². The number of rotatable bonds is 10. The lowest BCUT2D eigenvalue weighted by atomic mass is 9.75. The zero-order valence-electron chi connectivity index (χ0n) is 30.1. The Morgan fingerprint density at radius 1 is 1.00 bits per heavy atom. The molecule has 4 aromatic rings. The van der Waals surface area contributed by atoms with Crippen LogP contribution in [0.3, 0.4) is 0 Å². The molecule has 51 heavy (non-hydrogen) atoms. The molecule has 2 amide bonds. The SMILES string of the molecule is C=C(O)/C=C/c1ccc(NC(=O)C2(NC(=O)c3ccc4c(C5CCCCC5)c5n(c4c3)CCN(CC(C)C)c3cc(OC)ccc3-5)CCC2)cc1. The first-order valence-corrected chi connectivity index (χ1v) is 18.6. The first-order chi connectivity index (χ1) is 24.7. The van der Waals surface area contributed by atoms with Crippen LogP contribution in [0.2, 0.25) is 0 Å². The van der Waals surface area contributed by atoms with Crippen molar-refractivity contribution in [2.24, 2.45) is 5.92 Å². The lowest BCUT2D eigenvalue weighted by Gasteiger charge is -2.40. The predicted octanol–water partition coefficient (Wildman–Crippen LogP) is 9.22. The highest BCUT2D eigenvalue weighted by Gasteiger charge is 2.45. The molecule has 1 aromatic heterocycles. The maximum absolute atomic E-state index is 14.1. The normalized spacial score (nSPS) is 17.1. The van der Waals surface area contributed by atoms with Crippen molar-refractivity contribution in [2.45, 2.75) is 83.2 Å². The highest BCUT2D eigenvalue weighted by Crippen LogP contribution is 2.48. The van der Waals surface area contributed by atoms with Crippen molar-refractivity contribution < 1.29 is 19.4 Å². The van der Waals surface area contributed by atoms with Crippen molar-refractivity contribution in [1.29, 1.82) is 0 Å². The zero-order valence-corrected chi connectivity index (χ0v) is 30.1. The van der Waals surface area contributed by atoms with Crippen molar-refractivity contribution >= 4 is 40.2 Å². The van der Waals surface area contributed by atoms with E-state index in [-0.39, 0.29) is 17.6 Å². The molecule has 266 valence electrons. The van der Waals surface area contributed by atoms with Crippen molar-refractivity contribution in [3.05, 3.63) is 95.8 Å². The summed E-state index contributed by atoms with van der Waals surface area (Å²) in [6.45, 7) is 10.6. The third kappa shape index (κ3) is 6.88. The van der Waals surface area contributed by atoms with Gasteiger partial charge in [0.1, 0.15) is 17.0 Å². The van der Waals surface area contributed by atoms with Gasteiger partial charge >= 0.3 is 0 Å². The molecule has 2 aliphatic carbocycles. The van der Waals surface area contributed by atoms with Crippen LogP contribution in [0.4, 0.5) is 11.4 Å². The molecule has 0 bridgehead atoms. The highest BCUT2D eigenvalue weighted by molar-refractivity contribution is 6.06. The second kappa shape index (κ2) is 14.3. The Labute approximate surface area is 301 Å². The molecule has 2 fully saturated rings. The Bertz CT molecular complexity index is 1980. The molecule has 0 saturated heterocycles. The van der Waals surface area contributed by atoms with Gasteiger partial charge in [0.05, 0.1) is 12.8 Å². The second-order valence-corrected chi connectivity index (χ2v) is 15.0. The largest absolute Gasteiger partial charge is 0.509 e. The van der Waals surface area contributed by atoms with Gasteiger partial charge in [-0.05, 0) is 97.5 Å². The Kier molecular flexibility index (Phi) is 9.69. The number of carbonyl (C=O) groups is 2. The summed E-state index contributed by atoms with van der Waals surface area (Å²) in [6.07, 6.45) is 11.4. The molecular formula is C43H50N4O4. The molecule has 3 aliphatic rings. The number of nitrogens with zero attached hydrogens (tertiary/aromatic N) is 2. The van der Waals surface area contributed by atoms with Gasteiger partial charge in [-0.25, -0.2) is 0 Å². The quantitative estimate of drug-likeness (QED) is 0.114. The van der Waals surface area contributed by atoms with Crippen molar-refractivity contribution in [3.8, 4) is 17.0 Å². The Morgan fingerprint density at radius 3 is 2.43 bits per heavy atom. The predicted molar refractivity (Wildman–Crippen MR) is 207 cm³/mol. The molecular weight excluding hydrogens is 636 g/mol. The molecule has 0 spiro atoms. The van der Waals surface area contributed by atoms with Crippen LogP contribution in [-0.4, -0.2) is 47.2 Å². The minimum Gasteiger partial charge on any atom is -0.509 e. The topological polar surface area (TPSA) is 95.8 Å². The average molecular weight is 687 g/mol. The number of aliphatic hydroxyl groups is 1. The van der Waals surface area contributed by atoms with E-state index >= 15 is 0 Å². The maximum Gasteiger partial charge on any atom is 0.252 e. The van der Waals surface area contributed by atoms with Crippen molar-refractivity contribution in [2.75, 3.05) is 30.4 Å². The van der Waals surface area contributed by atoms with E-state index in [9.17, 15) is 14.7 Å². The molecule has 0 radical (unpaired) electrons. The number of fused-ring (bicyclic) bond motifs is 5. The van der Waals surface area contributed by atoms with Gasteiger partial charge in [0.25, 0.3) is 5.91 Å². The van der Waals surface area contributed by atoms with Crippen LogP contribution in [-0.2, 0) is 11.3 Å². The van der Waals surface area contributed by atoms with E-state index < -0.39 is 5.54 Å². The summed E-state index contributed by atoms with van der Waals surface area (Å²) in [6, 6.07) is 20.0. The molecule has 0 atom stereocenters. The molecule has 8 heteroatoms. The average Bonchev–Trinajstić information content (AvgIpc) is 3.35. The van der Waals surface area contributed by atoms with Gasteiger partial charge in [0.2, 0.25) is 5.91 Å². The smallest absolute Gasteiger partial charge is 0.252 e. The minimum absolute atomic E-state index is 0.0223. The van der Waals surface area contributed by atoms with Gasteiger partial charge in [0, 0.05) is 59.1 Å². The summed E-state index contributed by atoms with van der Waals surface area (Å²) in [5, 5.41) is 16.8. The molecule has 2 saturated carbocycles. The van der Waals surface area contributed by atoms with Gasteiger partial charge in [-0.2, -0.15) is 0 Å². The van der Waals surface area contributed by atoms with E-state index in [0.29, 0.717) is 35.9 Å². The van der Waals surface area contributed by atoms with E-state index in [1.54, 1.807) is 13.2 Å². The zero-order chi connectivity index (χ0) is 35.7. The summed E-state index contributed by atoms with van der Waals surface area (Å²) in [5.41, 5.74) is 7.33. The second-order valence-electron chi connectivity index (χ2n) is 15.0. The fraction of sp³-hybridized carbons (Fsp3) is 0.395. The van der Waals surface area contributed by atoms with Crippen molar-refractivity contribution in [3.63, 3.8) is 0 Å². The maximum atomic E-state index is 14.1. The summed E-state index contributed by atoms with van der Waals surface area (Å²) in [5.74, 6) is 1.36. The first-order valence-electron chi connectivity index (χ1n) is 18.6. The Morgan fingerprint density at radius 2 is 1.76 bits per heavy atom. The number of amides is 2. The number of aliphatic hydroxyl groups excluding tert-OH is 1. The molecule has 3 N–H and O–H groups in total. The van der Waals surface area contributed by atoms with Gasteiger partial charge in [0.15, 0.2) is 0 Å². The lowest BCUT2D eigenvalue weighted by Crippen LogP contribution is -2.61. The number of benzene rings is 3. The van der Waals surface area contributed by atoms with Crippen molar-refractivity contribution in [1.82, 2.24) is 9.88 Å². The number of nitrogens with one attached hydrogen (secondary N) is 2. The first kappa shape index (κ1) is 34.5. The Balaban J connectivity index is 1.22. The number of ether oxygens (including phenoxy) is 1. The number of anilines is 2. The third-order valence-electron chi connectivity index (χ3n) is 11.0. The van der Waals surface area contributed by atoms with E-state index in [2.05, 4.69) is 70.9 Å². The fourth-order valence-corrected chi connectivity index (χ4v) is 8.27. The van der Waals surface area contributed by atoms with E-state index in [1.807, 2.05) is 30.3 Å². The number of hydrogen-bond acceptors (Lipinski definition) is 5. The highest BCUT2D eigenvalue weighted by atomic mass is 16.5. The van der Waals surface area contributed by atoms with Crippen LogP contribution in [0.5, 0.6) is 5.75 Å².